The number of nitrogens with zero attached hydrogens (tertiary/aromatic N) is 1. The van der Waals surface area contributed by atoms with E-state index in [1.54, 1.807) is 42.5 Å². The molecule has 0 bridgehead atoms. The second kappa shape index (κ2) is 8.34. The molecule has 1 heterocycles. The monoisotopic (exact) mass is 381 g/mol. The predicted octanol–water partition coefficient (Wildman–Crippen LogP) is 3.85. The molecule has 0 aliphatic rings. The first-order valence-electron chi connectivity index (χ1n) is 7.96. The van der Waals surface area contributed by atoms with E-state index in [9.17, 15) is 14.1 Å². The van der Waals surface area contributed by atoms with E-state index in [0.29, 0.717) is 21.6 Å². The fourth-order valence-electron chi connectivity index (χ4n) is 2.67. The van der Waals surface area contributed by atoms with Crippen LogP contribution in [0.15, 0.2) is 70.4 Å². The number of benzene rings is 2. The van der Waals surface area contributed by atoms with Gasteiger partial charge in [-0.05, 0) is 23.8 Å². The molecule has 1 N–H and O–H groups in total. The first kappa shape index (κ1) is 18.4. The van der Waals surface area contributed by atoms with Gasteiger partial charge < -0.3 is 14.3 Å². The van der Waals surface area contributed by atoms with E-state index in [-0.39, 0.29) is 23.7 Å². The Bertz CT molecular complexity index is 1010. The molecule has 27 heavy (non-hydrogen) atoms. The van der Waals surface area contributed by atoms with Crippen LogP contribution in [0, 0.1) is 11.3 Å². The number of aromatic carboxylic acids is 1. The molecule has 0 fully saturated rings. The molecule has 136 valence electrons. The lowest BCUT2D eigenvalue weighted by molar-refractivity contribution is 0.0692. The number of carboxylic acids is 1. The van der Waals surface area contributed by atoms with Crippen LogP contribution in [0.5, 0.6) is 5.75 Å². The van der Waals surface area contributed by atoms with Gasteiger partial charge in [-0.3, -0.25) is 4.21 Å². The second-order valence-electron chi connectivity index (χ2n) is 5.54. The standard InChI is InChI=1S/C20H15NO5S/c21-9-11-26-19-17(14-8-10-25-12-14)7-6-15(18(19)20(22)23)13-27(24)16-4-2-1-3-5-16/h1-8,10,12H,11,13H2,(H,22,23). The number of furan rings is 1. The zero-order chi connectivity index (χ0) is 19.2. The van der Waals surface area contributed by atoms with Gasteiger partial charge in [0.2, 0.25) is 0 Å². The third kappa shape index (κ3) is 4.07. The summed E-state index contributed by atoms with van der Waals surface area (Å²) in [5.41, 5.74) is 1.38. The molecule has 0 aliphatic carbocycles. The Balaban J connectivity index is 2.08. The summed E-state index contributed by atoms with van der Waals surface area (Å²) in [5, 5.41) is 18.6. The highest BCUT2D eigenvalue weighted by Gasteiger charge is 2.23. The molecule has 0 amide bonds. The van der Waals surface area contributed by atoms with Gasteiger partial charge in [0.1, 0.15) is 17.4 Å². The third-order valence-electron chi connectivity index (χ3n) is 3.86. The van der Waals surface area contributed by atoms with Crippen molar-refractivity contribution in [1.29, 1.82) is 5.26 Å². The highest BCUT2D eigenvalue weighted by molar-refractivity contribution is 7.84. The van der Waals surface area contributed by atoms with Crippen LogP contribution in [0.1, 0.15) is 15.9 Å². The van der Waals surface area contributed by atoms with Crippen molar-refractivity contribution in [1.82, 2.24) is 0 Å². The van der Waals surface area contributed by atoms with E-state index in [4.69, 9.17) is 14.4 Å². The summed E-state index contributed by atoms with van der Waals surface area (Å²) in [6.07, 6.45) is 2.92. The first-order valence-corrected chi connectivity index (χ1v) is 9.28. The van der Waals surface area contributed by atoms with Crippen molar-refractivity contribution in [3.8, 4) is 22.9 Å². The summed E-state index contributed by atoms with van der Waals surface area (Å²) in [5.74, 6) is -1.14. The van der Waals surface area contributed by atoms with E-state index in [2.05, 4.69) is 0 Å². The minimum atomic E-state index is -1.42. The molecule has 0 saturated carbocycles. The van der Waals surface area contributed by atoms with Gasteiger partial charge in [-0.25, -0.2) is 4.79 Å². The summed E-state index contributed by atoms with van der Waals surface area (Å²) < 4.78 is 23.2. The van der Waals surface area contributed by atoms with Crippen molar-refractivity contribution in [2.45, 2.75) is 10.6 Å². The van der Waals surface area contributed by atoms with Gasteiger partial charge in [0.15, 0.2) is 6.61 Å². The second-order valence-corrected chi connectivity index (χ2v) is 6.99. The van der Waals surface area contributed by atoms with Crippen molar-refractivity contribution in [2.24, 2.45) is 0 Å². The lowest BCUT2D eigenvalue weighted by atomic mass is 9.99. The number of rotatable bonds is 7. The van der Waals surface area contributed by atoms with Gasteiger partial charge >= 0.3 is 5.97 Å². The predicted molar refractivity (Wildman–Crippen MR) is 98.8 cm³/mol. The molecule has 3 rings (SSSR count). The number of nitriles is 1. The van der Waals surface area contributed by atoms with Crippen LogP contribution in [0.25, 0.3) is 11.1 Å². The summed E-state index contributed by atoms with van der Waals surface area (Å²) in [7, 11) is -1.42. The van der Waals surface area contributed by atoms with Gasteiger partial charge in [0, 0.05) is 16.0 Å². The average Bonchev–Trinajstić information content (AvgIpc) is 3.21. The first-order chi connectivity index (χ1) is 13.1. The average molecular weight is 381 g/mol. The van der Waals surface area contributed by atoms with Crippen LogP contribution < -0.4 is 4.74 Å². The minimum Gasteiger partial charge on any atom is -0.478 e. The molecule has 0 aliphatic heterocycles. The molecule has 1 atom stereocenters. The van der Waals surface area contributed by atoms with Crippen LogP contribution in [0.4, 0.5) is 0 Å². The molecule has 0 saturated heterocycles. The number of carbonyl (C=O) groups is 1. The Hall–Kier alpha value is -3.37. The van der Waals surface area contributed by atoms with Crippen molar-refractivity contribution in [3.63, 3.8) is 0 Å². The molecule has 0 spiro atoms. The van der Waals surface area contributed by atoms with Crippen LogP contribution in [0.2, 0.25) is 0 Å². The number of hydrogen-bond donors (Lipinski definition) is 1. The summed E-state index contributed by atoms with van der Waals surface area (Å²) in [6.45, 7) is -0.309. The third-order valence-corrected chi connectivity index (χ3v) is 5.23. The van der Waals surface area contributed by atoms with Crippen LogP contribution >= 0.6 is 0 Å². The van der Waals surface area contributed by atoms with E-state index in [1.807, 2.05) is 12.1 Å². The van der Waals surface area contributed by atoms with Gasteiger partial charge in [0.05, 0.1) is 29.1 Å². The maximum Gasteiger partial charge on any atom is 0.339 e. The molecular formula is C20H15NO5S. The van der Waals surface area contributed by atoms with Crippen molar-refractivity contribution in [2.75, 3.05) is 6.61 Å². The lowest BCUT2D eigenvalue weighted by Gasteiger charge is -2.15. The molecule has 1 aromatic heterocycles. The molecule has 2 aromatic carbocycles. The van der Waals surface area contributed by atoms with Gasteiger partial charge in [-0.1, -0.05) is 30.3 Å². The maximum absolute atomic E-state index is 12.6. The smallest absolute Gasteiger partial charge is 0.339 e. The molecule has 7 heteroatoms. The van der Waals surface area contributed by atoms with Crippen LogP contribution in [-0.4, -0.2) is 21.9 Å². The van der Waals surface area contributed by atoms with Crippen molar-refractivity contribution < 1.29 is 23.3 Å². The lowest BCUT2D eigenvalue weighted by Crippen LogP contribution is -2.10. The van der Waals surface area contributed by atoms with Crippen LogP contribution in [0.3, 0.4) is 0 Å². The fourth-order valence-corrected chi connectivity index (χ4v) is 3.82. The zero-order valence-electron chi connectivity index (χ0n) is 14.1. The Kier molecular flexibility index (Phi) is 5.69. The van der Waals surface area contributed by atoms with Crippen LogP contribution in [-0.2, 0) is 16.6 Å². The SMILES string of the molecule is N#CCOc1c(-c2ccoc2)ccc(CS(=O)c2ccccc2)c1C(=O)O. The highest BCUT2D eigenvalue weighted by Crippen LogP contribution is 2.36. The maximum atomic E-state index is 12.6. The quantitative estimate of drug-likeness (QED) is 0.667. The Morgan fingerprint density at radius 2 is 1.96 bits per heavy atom. The molecular weight excluding hydrogens is 366 g/mol. The van der Waals surface area contributed by atoms with E-state index < -0.39 is 16.8 Å². The number of hydrogen-bond acceptors (Lipinski definition) is 5. The Morgan fingerprint density at radius 3 is 2.59 bits per heavy atom. The molecule has 0 radical (unpaired) electrons. The highest BCUT2D eigenvalue weighted by atomic mass is 32.2. The summed E-state index contributed by atoms with van der Waals surface area (Å²) in [4.78, 5) is 12.6. The molecule has 1 unspecified atom stereocenters. The van der Waals surface area contributed by atoms with Crippen molar-refractivity contribution in [3.05, 3.63) is 72.2 Å². The largest absolute Gasteiger partial charge is 0.478 e. The number of ether oxygens (including phenoxy) is 1. The van der Waals surface area contributed by atoms with Crippen molar-refractivity contribution >= 4 is 16.8 Å². The minimum absolute atomic E-state index is 0.0141. The van der Waals surface area contributed by atoms with Gasteiger partial charge in [-0.15, -0.1) is 0 Å². The zero-order valence-corrected chi connectivity index (χ0v) is 14.9. The van der Waals surface area contributed by atoms with E-state index in [1.165, 1.54) is 12.5 Å². The van der Waals surface area contributed by atoms with E-state index >= 15 is 0 Å². The molecule has 3 aromatic rings. The van der Waals surface area contributed by atoms with Gasteiger partial charge in [-0.2, -0.15) is 5.26 Å². The topological polar surface area (TPSA) is 101 Å². The van der Waals surface area contributed by atoms with E-state index in [0.717, 1.165) is 0 Å². The summed E-state index contributed by atoms with van der Waals surface area (Å²) in [6, 6.07) is 15.6. The Labute approximate surface area is 158 Å². The van der Waals surface area contributed by atoms with Gasteiger partial charge in [0.25, 0.3) is 0 Å². The normalized spacial score (nSPS) is 11.5. The molecule has 6 nitrogen and oxygen atoms in total. The Morgan fingerprint density at radius 1 is 1.19 bits per heavy atom. The number of carboxylic acid groups (broad SMARTS) is 1. The fraction of sp³-hybridized carbons (Fsp3) is 0.100. The summed E-state index contributed by atoms with van der Waals surface area (Å²) >= 11 is 0.